The van der Waals surface area contributed by atoms with E-state index in [0.29, 0.717) is 27.8 Å². The number of ether oxygens (including phenoxy) is 1. The molecule has 0 unspecified atom stereocenters. The van der Waals surface area contributed by atoms with Crippen molar-refractivity contribution in [1.29, 1.82) is 0 Å². The molecule has 1 fully saturated rings. The monoisotopic (exact) mass is 487 g/mol. The molecule has 32 heavy (non-hydrogen) atoms. The number of imide groups is 1. The van der Waals surface area contributed by atoms with Gasteiger partial charge in [0.05, 0.1) is 11.4 Å². The van der Waals surface area contributed by atoms with E-state index < -0.39 is 17.0 Å². The van der Waals surface area contributed by atoms with Crippen molar-refractivity contribution < 1.29 is 18.7 Å². The van der Waals surface area contributed by atoms with E-state index in [0.717, 1.165) is 33.9 Å². The fourth-order valence-corrected chi connectivity index (χ4v) is 4.24. The SMILES string of the molecule is O=C1S/C(=C\c2cccc(OCc3ccc(Cl)cc3)c2)C(=O)N1Cc1ccc(F)cc1Cl. The van der Waals surface area contributed by atoms with Crippen LogP contribution in [0.15, 0.2) is 71.6 Å². The standard InChI is InChI=1S/C24H16Cl2FNO3S/c25-18-7-4-15(5-8-18)14-31-20-3-1-2-16(10-20)11-22-23(29)28(24(30)32-22)13-17-6-9-19(27)12-21(17)26/h1-12H,13-14H2/b22-11-. The van der Waals surface area contributed by atoms with Crippen LogP contribution in [0.4, 0.5) is 9.18 Å². The van der Waals surface area contributed by atoms with Gasteiger partial charge in [-0.25, -0.2) is 4.39 Å². The molecule has 0 N–H and O–H groups in total. The largest absolute Gasteiger partial charge is 0.489 e. The summed E-state index contributed by atoms with van der Waals surface area (Å²) in [4.78, 5) is 26.6. The Morgan fingerprint density at radius 1 is 1.00 bits per heavy atom. The van der Waals surface area contributed by atoms with Crippen molar-refractivity contribution in [1.82, 2.24) is 4.90 Å². The van der Waals surface area contributed by atoms with Crippen molar-refractivity contribution in [2.24, 2.45) is 0 Å². The third kappa shape index (κ3) is 5.33. The lowest BCUT2D eigenvalue weighted by Crippen LogP contribution is -2.27. The van der Waals surface area contributed by atoms with Crippen LogP contribution < -0.4 is 4.74 Å². The molecule has 1 aliphatic heterocycles. The summed E-state index contributed by atoms with van der Waals surface area (Å²) < 4.78 is 19.1. The first-order valence-corrected chi connectivity index (χ1v) is 11.1. The molecular weight excluding hydrogens is 472 g/mol. The van der Waals surface area contributed by atoms with Crippen molar-refractivity contribution in [2.75, 3.05) is 0 Å². The van der Waals surface area contributed by atoms with Gasteiger partial charge in [0.1, 0.15) is 18.2 Å². The van der Waals surface area contributed by atoms with E-state index in [1.54, 1.807) is 24.3 Å². The van der Waals surface area contributed by atoms with Gasteiger partial charge in [0.25, 0.3) is 11.1 Å². The number of nitrogens with zero attached hydrogens (tertiary/aromatic N) is 1. The Labute approximate surface area is 198 Å². The Bertz CT molecular complexity index is 1210. The van der Waals surface area contributed by atoms with E-state index in [-0.39, 0.29) is 11.6 Å². The number of benzene rings is 3. The van der Waals surface area contributed by atoms with Crippen LogP contribution >= 0.6 is 35.0 Å². The summed E-state index contributed by atoms with van der Waals surface area (Å²) in [6.45, 7) is 0.348. The Kier molecular flexibility index (Phi) is 6.84. The van der Waals surface area contributed by atoms with Crippen LogP contribution in [0, 0.1) is 5.82 Å². The van der Waals surface area contributed by atoms with Gasteiger partial charge in [0, 0.05) is 10.0 Å². The number of hydrogen-bond acceptors (Lipinski definition) is 4. The molecule has 0 bridgehead atoms. The van der Waals surface area contributed by atoms with Gasteiger partial charge in [-0.05, 0) is 70.9 Å². The average molecular weight is 488 g/mol. The van der Waals surface area contributed by atoms with Crippen LogP contribution in [0.2, 0.25) is 10.0 Å². The number of carbonyl (C=O) groups is 2. The molecule has 0 aromatic heterocycles. The smallest absolute Gasteiger partial charge is 0.293 e. The highest BCUT2D eigenvalue weighted by molar-refractivity contribution is 8.18. The molecule has 3 aromatic carbocycles. The normalized spacial score (nSPS) is 15.0. The molecular formula is C24H16Cl2FNO3S. The summed E-state index contributed by atoms with van der Waals surface area (Å²) in [5.41, 5.74) is 2.19. The zero-order chi connectivity index (χ0) is 22.7. The van der Waals surface area contributed by atoms with Gasteiger partial charge in [0.2, 0.25) is 0 Å². The first-order valence-electron chi connectivity index (χ1n) is 9.55. The van der Waals surface area contributed by atoms with Crippen molar-refractivity contribution >= 4 is 52.2 Å². The summed E-state index contributed by atoms with van der Waals surface area (Å²) in [6.07, 6.45) is 1.65. The maximum Gasteiger partial charge on any atom is 0.293 e. The van der Waals surface area contributed by atoms with Crippen LogP contribution in [-0.2, 0) is 17.9 Å². The van der Waals surface area contributed by atoms with Crippen LogP contribution in [-0.4, -0.2) is 16.0 Å². The highest BCUT2D eigenvalue weighted by atomic mass is 35.5. The number of carbonyl (C=O) groups excluding carboxylic acids is 2. The molecule has 0 radical (unpaired) electrons. The van der Waals surface area contributed by atoms with E-state index in [4.69, 9.17) is 27.9 Å². The zero-order valence-electron chi connectivity index (χ0n) is 16.6. The van der Waals surface area contributed by atoms with Gasteiger partial charge < -0.3 is 4.74 Å². The molecule has 0 spiro atoms. The Morgan fingerprint density at radius 3 is 2.53 bits per heavy atom. The van der Waals surface area contributed by atoms with E-state index in [9.17, 15) is 14.0 Å². The number of amides is 2. The molecule has 3 aromatic rings. The maximum absolute atomic E-state index is 13.3. The fourth-order valence-electron chi connectivity index (χ4n) is 3.05. The Hall–Kier alpha value is -2.80. The molecule has 4 nitrogen and oxygen atoms in total. The molecule has 162 valence electrons. The maximum atomic E-state index is 13.3. The third-order valence-electron chi connectivity index (χ3n) is 4.69. The second-order valence-corrected chi connectivity index (χ2v) is 8.83. The molecule has 0 aliphatic carbocycles. The zero-order valence-corrected chi connectivity index (χ0v) is 18.9. The van der Waals surface area contributed by atoms with Crippen molar-refractivity contribution in [2.45, 2.75) is 13.2 Å². The topological polar surface area (TPSA) is 46.6 Å². The highest BCUT2D eigenvalue weighted by Gasteiger charge is 2.35. The molecule has 0 saturated carbocycles. The van der Waals surface area contributed by atoms with Crippen LogP contribution in [0.5, 0.6) is 5.75 Å². The number of halogens is 3. The summed E-state index contributed by atoms with van der Waals surface area (Å²) in [5.74, 6) is -0.273. The van der Waals surface area contributed by atoms with Gasteiger partial charge >= 0.3 is 0 Å². The van der Waals surface area contributed by atoms with Crippen molar-refractivity contribution in [3.63, 3.8) is 0 Å². The van der Waals surface area contributed by atoms with Gasteiger partial charge in [0.15, 0.2) is 0 Å². The summed E-state index contributed by atoms with van der Waals surface area (Å²) >= 11 is 12.8. The van der Waals surface area contributed by atoms with Gasteiger partial charge in [-0.3, -0.25) is 14.5 Å². The summed E-state index contributed by atoms with van der Waals surface area (Å²) in [5, 5.41) is 0.418. The Morgan fingerprint density at radius 2 is 1.78 bits per heavy atom. The summed E-state index contributed by atoms with van der Waals surface area (Å²) in [7, 11) is 0. The minimum atomic E-state index is -0.481. The van der Waals surface area contributed by atoms with Crippen LogP contribution in [0.1, 0.15) is 16.7 Å². The lowest BCUT2D eigenvalue weighted by molar-refractivity contribution is -0.123. The average Bonchev–Trinajstić information content (AvgIpc) is 3.02. The molecule has 1 aliphatic rings. The van der Waals surface area contributed by atoms with E-state index in [1.807, 2.05) is 30.3 Å². The van der Waals surface area contributed by atoms with Crippen molar-refractivity contribution in [3.05, 3.63) is 104 Å². The number of rotatable bonds is 6. The molecule has 0 atom stereocenters. The van der Waals surface area contributed by atoms with E-state index in [1.165, 1.54) is 12.1 Å². The number of hydrogen-bond donors (Lipinski definition) is 0. The third-order valence-corrected chi connectivity index (χ3v) is 6.20. The minimum Gasteiger partial charge on any atom is -0.489 e. The van der Waals surface area contributed by atoms with Crippen LogP contribution in [0.3, 0.4) is 0 Å². The van der Waals surface area contributed by atoms with Gasteiger partial charge in [-0.1, -0.05) is 53.5 Å². The second-order valence-electron chi connectivity index (χ2n) is 6.99. The summed E-state index contributed by atoms with van der Waals surface area (Å²) in [6, 6.07) is 18.5. The second kappa shape index (κ2) is 9.77. The number of thioether (sulfide) groups is 1. The predicted octanol–water partition coefficient (Wildman–Crippen LogP) is 6.95. The quantitative estimate of drug-likeness (QED) is 0.353. The predicted molar refractivity (Wildman–Crippen MR) is 125 cm³/mol. The van der Waals surface area contributed by atoms with Crippen molar-refractivity contribution in [3.8, 4) is 5.75 Å². The first-order chi connectivity index (χ1) is 15.4. The highest BCUT2D eigenvalue weighted by Crippen LogP contribution is 2.34. The lowest BCUT2D eigenvalue weighted by Gasteiger charge is -2.13. The molecule has 4 rings (SSSR count). The van der Waals surface area contributed by atoms with Gasteiger partial charge in [-0.2, -0.15) is 0 Å². The molecule has 2 amide bonds. The Balaban J connectivity index is 1.46. The van der Waals surface area contributed by atoms with E-state index >= 15 is 0 Å². The first kappa shape index (κ1) is 22.4. The lowest BCUT2D eigenvalue weighted by atomic mass is 10.2. The van der Waals surface area contributed by atoms with Crippen LogP contribution in [0.25, 0.3) is 6.08 Å². The molecule has 1 saturated heterocycles. The minimum absolute atomic E-state index is 0.0225. The van der Waals surface area contributed by atoms with Gasteiger partial charge in [-0.15, -0.1) is 0 Å². The fraction of sp³-hybridized carbons (Fsp3) is 0.0833. The van der Waals surface area contributed by atoms with E-state index in [2.05, 4.69) is 0 Å². The molecule has 8 heteroatoms. The molecule has 1 heterocycles.